The maximum absolute atomic E-state index is 13.4. The Hall–Kier alpha value is -1.10. The van der Waals surface area contributed by atoms with Gasteiger partial charge in [0.15, 0.2) is 0 Å². The summed E-state index contributed by atoms with van der Waals surface area (Å²) in [5.41, 5.74) is -0.666. The number of hydrogen-bond acceptors (Lipinski definition) is 1. The van der Waals surface area contributed by atoms with Crippen molar-refractivity contribution in [3.8, 4) is 0 Å². The molecule has 0 aromatic heterocycles. The average molecular weight is 303 g/mol. The quantitative estimate of drug-likeness (QED) is 0.765. The number of alkyl halides is 3. The summed E-state index contributed by atoms with van der Waals surface area (Å²) in [6.07, 6.45) is 2.05. The Bertz CT molecular complexity index is 464. The molecule has 1 fully saturated rings. The van der Waals surface area contributed by atoms with E-state index in [9.17, 15) is 17.6 Å². The second-order valence-corrected chi connectivity index (χ2v) is 5.82. The lowest BCUT2D eigenvalue weighted by Gasteiger charge is -2.27. The first-order chi connectivity index (χ1) is 9.91. The van der Waals surface area contributed by atoms with E-state index < -0.39 is 17.6 Å². The van der Waals surface area contributed by atoms with Gasteiger partial charge in [0.25, 0.3) is 0 Å². The number of nitrogens with one attached hydrogen (secondary N) is 1. The van der Waals surface area contributed by atoms with Gasteiger partial charge in [0.05, 0.1) is 5.56 Å². The molecule has 118 valence electrons. The van der Waals surface area contributed by atoms with Crippen LogP contribution < -0.4 is 5.32 Å². The Morgan fingerprint density at radius 3 is 2.43 bits per heavy atom. The molecule has 0 heterocycles. The van der Waals surface area contributed by atoms with Crippen molar-refractivity contribution in [3.05, 3.63) is 35.1 Å². The van der Waals surface area contributed by atoms with Crippen molar-refractivity contribution in [2.75, 3.05) is 7.05 Å². The number of benzene rings is 1. The Labute approximate surface area is 122 Å². The summed E-state index contributed by atoms with van der Waals surface area (Å²) in [7, 11) is 1.74. The van der Waals surface area contributed by atoms with Crippen molar-refractivity contribution >= 4 is 0 Å². The highest BCUT2D eigenvalue weighted by Crippen LogP contribution is 2.36. The van der Waals surface area contributed by atoms with Gasteiger partial charge in [0.2, 0.25) is 0 Å². The van der Waals surface area contributed by atoms with Crippen molar-refractivity contribution in [1.29, 1.82) is 0 Å². The summed E-state index contributed by atoms with van der Waals surface area (Å²) in [5, 5.41) is 3.07. The molecular formula is C16H21F4N. The molecule has 1 N–H and O–H groups in total. The molecule has 21 heavy (non-hydrogen) atoms. The molecule has 5 heteroatoms. The first-order valence-electron chi connectivity index (χ1n) is 7.45. The van der Waals surface area contributed by atoms with E-state index in [1.54, 1.807) is 7.05 Å². The molecule has 0 aliphatic heterocycles. The molecule has 1 aliphatic rings. The van der Waals surface area contributed by atoms with Crippen LogP contribution in [0.2, 0.25) is 0 Å². The van der Waals surface area contributed by atoms with Crippen LogP contribution in [0.15, 0.2) is 18.2 Å². The smallest absolute Gasteiger partial charge is 0.313 e. The van der Waals surface area contributed by atoms with Crippen LogP contribution in [0.3, 0.4) is 0 Å². The summed E-state index contributed by atoms with van der Waals surface area (Å²) in [5.74, 6) is -0.672. The molecule has 0 bridgehead atoms. The lowest BCUT2D eigenvalue weighted by Crippen LogP contribution is -2.22. The minimum absolute atomic E-state index is 0.158. The normalized spacial score (nSPS) is 18.7. The molecule has 0 radical (unpaired) electrons. The fourth-order valence-corrected chi connectivity index (χ4v) is 3.15. The van der Waals surface area contributed by atoms with E-state index >= 15 is 0 Å². The van der Waals surface area contributed by atoms with Gasteiger partial charge >= 0.3 is 6.18 Å². The summed E-state index contributed by atoms with van der Waals surface area (Å²) in [6.45, 7) is 0. The molecule has 0 spiro atoms. The number of halogens is 4. The van der Waals surface area contributed by atoms with Gasteiger partial charge in [-0.15, -0.1) is 0 Å². The average Bonchev–Trinajstić information content (AvgIpc) is 2.45. The molecule has 1 atom stereocenters. The summed E-state index contributed by atoms with van der Waals surface area (Å²) in [6, 6.07) is 3.16. The molecule has 2 rings (SSSR count). The van der Waals surface area contributed by atoms with E-state index in [-0.39, 0.29) is 6.04 Å². The summed E-state index contributed by atoms with van der Waals surface area (Å²) >= 11 is 0. The molecule has 1 aliphatic carbocycles. The largest absolute Gasteiger partial charge is 0.419 e. The van der Waals surface area contributed by atoms with Crippen molar-refractivity contribution in [2.24, 2.45) is 5.92 Å². The minimum Gasteiger partial charge on any atom is -0.313 e. The van der Waals surface area contributed by atoms with E-state index in [4.69, 9.17) is 0 Å². The standard InChI is InChI=1S/C16H21F4N/c1-21-15(9-11-5-3-2-4-6-11)12-7-8-14(17)13(10-12)16(18,19)20/h7-8,10-11,15,21H,2-6,9H2,1H3. The van der Waals surface area contributed by atoms with E-state index in [1.165, 1.54) is 25.3 Å². The van der Waals surface area contributed by atoms with Crippen molar-refractivity contribution in [3.63, 3.8) is 0 Å². The summed E-state index contributed by atoms with van der Waals surface area (Å²) < 4.78 is 51.7. The van der Waals surface area contributed by atoms with Gasteiger partial charge in [0.1, 0.15) is 5.82 Å². The van der Waals surface area contributed by atoms with Crippen molar-refractivity contribution < 1.29 is 17.6 Å². The first-order valence-corrected chi connectivity index (χ1v) is 7.45. The SMILES string of the molecule is CNC(CC1CCCCC1)c1ccc(F)c(C(F)(F)F)c1. The molecular weight excluding hydrogens is 282 g/mol. The fraction of sp³-hybridized carbons (Fsp3) is 0.625. The van der Waals surface area contributed by atoms with Gasteiger partial charge < -0.3 is 5.32 Å². The molecule has 1 unspecified atom stereocenters. The van der Waals surface area contributed by atoms with Crippen LogP contribution in [0.5, 0.6) is 0 Å². The minimum atomic E-state index is -4.65. The zero-order valence-electron chi connectivity index (χ0n) is 12.1. The monoisotopic (exact) mass is 303 g/mol. The Morgan fingerprint density at radius 1 is 1.19 bits per heavy atom. The second kappa shape index (κ2) is 6.77. The van der Waals surface area contributed by atoms with Crippen LogP contribution in [0.4, 0.5) is 17.6 Å². The highest BCUT2D eigenvalue weighted by atomic mass is 19.4. The van der Waals surface area contributed by atoms with Crippen LogP contribution in [0.25, 0.3) is 0 Å². The lowest BCUT2D eigenvalue weighted by atomic mass is 9.83. The maximum Gasteiger partial charge on any atom is 0.419 e. The highest BCUT2D eigenvalue weighted by Gasteiger charge is 2.34. The molecule has 0 amide bonds. The van der Waals surface area contributed by atoms with Gasteiger partial charge in [-0.05, 0) is 37.1 Å². The number of rotatable bonds is 4. The van der Waals surface area contributed by atoms with Crippen LogP contribution in [0, 0.1) is 11.7 Å². The molecule has 1 aromatic carbocycles. The first kappa shape index (κ1) is 16.3. The van der Waals surface area contributed by atoms with Crippen LogP contribution in [0.1, 0.15) is 55.7 Å². The second-order valence-electron chi connectivity index (χ2n) is 5.82. The zero-order chi connectivity index (χ0) is 15.5. The Morgan fingerprint density at radius 2 is 1.86 bits per heavy atom. The molecule has 1 aromatic rings. The van der Waals surface area contributed by atoms with Crippen molar-refractivity contribution in [1.82, 2.24) is 5.32 Å². The van der Waals surface area contributed by atoms with E-state index in [0.29, 0.717) is 11.5 Å². The third kappa shape index (κ3) is 4.19. The van der Waals surface area contributed by atoms with Gasteiger partial charge in [0, 0.05) is 6.04 Å². The lowest BCUT2D eigenvalue weighted by molar-refractivity contribution is -0.140. The maximum atomic E-state index is 13.4. The van der Waals surface area contributed by atoms with Crippen molar-refractivity contribution in [2.45, 2.75) is 50.7 Å². The van der Waals surface area contributed by atoms with Gasteiger partial charge in [-0.25, -0.2) is 4.39 Å². The van der Waals surface area contributed by atoms with E-state index in [1.807, 2.05) is 0 Å². The van der Waals surface area contributed by atoms with E-state index in [0.717, 1.165) is 31.4 Å². The van der Waals surface area contributed by atoms with Gasteiger partial charge in [-0.3, -0.25) is 0 Å². The molecule has 1 saturated carbocycles. The zero-order valence-corrected chi connectivity index (χ0v) is 12.1. The fourth-order valence-electron chi connectivity index (χ4n) is 3.15. The van der Waals surface area contributed by atoms with Crippen LogP contribution in [-0.2, 0) is 6.18 Å². The predicted molar refractivity (Wildman–Crippen MR) is 74.4 cm³/mol. The summed E-state index contributed by atoms with van der Waals surface area (Å²) in [4.78, 5) is 0. The number of hydrogen-bond donors (Lipinski definition) is 1. The highest BCUT2D eigenvalue weighted by molar-refractivity contribution is 5.29. The Kier molecular flexibility index (Phi) is 5.25. The van der Waals surface area contributed by atoms with Gasteiger partial charge in [-0.2, -0.15) is 13.2 Å². The van der Waals surface area contributed by atoms with Crippen LogP contribution >= 0.6 is 0 Å². The third-order valence-electron chi connectivity index (χ3n) is 4.34. The van der Waals surface area contributed by atoms with Crippen LogP contribution in [-0.4, -0.2) is 7.05 Å². The topological polar surface area (TPSA) is 12.0 Å². The molecule has 1 nitrogen and oxygen atoms in total. The Balaban J connectivity index is 2.17. The third-order valence-corrected chi connectivity index (χ3v) is 4.34. The van der Waals surface area contributed by atoms with E-state index in [2.05, 4.69) is 5.32 Å². The predicted octanol–water partition coefficient (Wildman–Crippen LogP) is 5.08. The van der Waals surface area contributed by atoms with Gasteiger partial charge in [-0.1, -0.05) is 38.2 Å². The molecule has 0 saturated heterocycles.